The van der Waals surface area contributed by atoms with Crippen LogP contribution in [0.5, 0.6) is 0 Å². The molecule has 21 heavy (non-hydrogen) atoms. The Morgan fingerprint density at radius 1 is 1.29 bits per heavy atom. The number of nitrogens with two attached hydrogens (primary N) is 1. The van der Waals surface area contributed by atoms with E-state index in [-0.39, 0.29) is 16.5 Å². The molecule has 0 atom stereocenters. The lowest BCUT2D eigenvalue weighted by Gasteiger charge is -2.09. The molecule has 1 aromatic carbocycles. The number of rotatable bonds is 6. The maximum atomic E-state index is 12.2. The Bertz CT molecular complexity index is 591. The van der Waals surface area contributed by atoms with Crippen LogP contribution in [-0.4, -0.2) is 36.2 Å². The second-order valence-electron chi connectivity index (χ2n) is 5.11. The van der Waals surface area contributed by atoms with Crippen molar-refractivity contribution in [2.45, 2.75) is 35.8 Å². The zero-order valence-electron chi connectivity index (χ0n) is 11.7. The Labute approximate surface area is 129 Å². The third kappa shape index (κ3) is 4.38. The fourth-order valence-electron chi connectivity index (χ4n) is 2.39. The lowest BCUT2D eigenvalue weighted by molar-refractivity contribution is 0.318. The summed E-state index contributed by atoms with van der Waals surface area (Å²) in [5.74, 6) is 0.752. The van der Waals surface area contributed by atoms with Gasteiger partial charge in [-0.05, 0) is 37.1 Å². The van der Waals surface area contributed by atoms with Crippen molar-refractivity contribution in [3.8, 4) is 0 Å². The molecule has 1 saturated carbocycles. The highest BCUT2D eigenvalue weighted by Gasteiger charge is 2.18. The number of benzene rings is 1. The molecule has 3 N–H and O–H groups in total. The molecule has 5 nitrogen and oxygen atoms in total. The molecule has 116 valence electrons. The number of hydrogen-bond acceptors (Lipinski definition) is 5. The zero-order valence-corrected chi connectivity index (χ0v) is 13.4. The van der Waals surface area contributed by atoms with E-state index in [1.807, 2.05) is 0 Å². The van der Waals surface area contributed by atoms with Gasteiger partial charge in [-0.25, -0.2) is 8.42 Å². The topological polar surface area (TPSA) is 92.8 Å². The first kappa shape index (κ1) is 16.2. The molecular formula is C14H20N2O3S2. The SMILES string of the molecule is N/C(=N/O)c1ccc(S(=O)(=O)CCSC2CCCC2)cc1. The van der Waals surface area contributed by atoms with E-state index in [0.717, 1.165) is 0 Å². The second-order valence-corrected chi connectivity index (χ2v) is 8.62. The van der Waals surface area contributed by atoms with Gasteiger partial charge in [0.25, 0.3) is 0 Å². The van der Waals surface area contributed by atoms with Crippen molar-refractivity contribution in [1.29, 1.82) is 0 Å². The summed E-state index contributed by atoms with van der Waals surface area (Å²) in [6.07, 6.45) is 4.94. The Morgan fingerprint density at radius 3 is 2.48 bits per heavy atom. The molecular weight excluding hydrogens is 308 g/mol. The zero-order chi connectivity index (χ0) is 15.3. The summed E-state index contributed by atoms with van der Waals surface area (Å²) in [5, 5.41) is 12.1. The van der Waals surface area contributed by atoms with Crippen molar-refractivity contribution in [1.82, 2.24) is 0 Å². The molecule has 0 heterocycles. The van der Waals surface area contributed by atoms with Crippen LogP contribution in [0.15, 0.2) is 34.3 Å². The van der Waals surface area contributed by atoms with E-state index in [1.165, 1.54) is 37.8 Å². The summed E-state index contributed by atoms with van der Waals surface area (Å²) in [4.78, 5) is 0.281. The molecule has 0 unspecified atom stereocenters. The highest BCUT2D eigenvalue weighted by Crippen LogP contribution is 2.29. The molecule has 0 aromatic heterocycles. The van der Waals surface area contributed by atoms with Crippen molar-refractivity contribution < 1.29 is 13.6 Å². The minimum Gasteiger partial charge on any atom is -0.409 e. The van der Waals surface area contributed by atoms with E-state index < -0.39 is 9.84 Å². The molecule has 0 bridgehead atoms. The molecule has 2 rings (SSSR count). The van der Waals surface area contributed by atoms with Crippen molar-refractivity contribution >= 4 is 27.4 Å². The van der Waals surface area contributed by atoms with E-state index in [0.29, 0.717) is 16.6 Å². The number of oxime groups is 1. The maximum Gasteiger partial charge on any atom is 0.179 e. The first-order chi connectivity index (χ1) is 10.0. The molecule has 1 aliphatic rings. The predicted octanol–water partition coefficient (Wildman–Crippen LogP) is 2.23. The summed E-state index contributed by atoms with van der Waals surface area (Å²) in [6.45, 7) is 0. The molecule has 0 amide bonds. The van der Waals surface area contributed by atoms with Gasteiger partial charge in [0, 0.05) is 16.6 Å². The first-order valence-corrected chi connectivity index (χ1v) is 9.65. The van der Waals surface area contributed by atoms with E-state index >= 15 is 0 Å². The fraction of sp³-hybridized carbons (Fsp3) is 0.500. The summed E-state index contributed by atoms with van der Waals surface area (Å²) in [7, 11) is -3.27. The van der Waals surface area contributed by atoms with Crippen LogP contribution >= 0.6 is 11.8 Å². The molecule has 1 aliphatic carbocycles. The van der Waals surface area contributed by atoms with Gasteiger partial charge in [0.1, 0.15) is 0 Å². The smallest absolute Gasteiger partial charge is 0.179 e. The van der Waals surface area contributed by atoms with Gasteiger partial charge in [-0.3, -0.25) is 0 Å². The third-order valence-electron chi connectivity index (χ3n) is 3.62. The van der Waals surface area contributed by atoms with E-state index in [4.69, 9.17) is 10.9 Å². The van der Waals surface area contributed by atoms with Gasteiger partial charge in [-0.2, -0.15) is 11.8 Å². The average molecular weight is 328 g/mol. The summed E-state index contributed by atoms with van der Waals surface area (Å²) in [5.41, 5.74) is 5.95. The van der Waals surface area contributed by atoms with Crippen LogP contribution in [0.25, 0.3) is 0 Å². The molecule has 0 spiro atoms. The van der Waals surface area contributed by atoms with Gasteiger partial charge in [-0.1, -0.05) is 18.0 Å². The van der Waals surface area contributed by atoms with E-state index in [9.17, 15) is 8.42 Å². The van der Waals surface area contributed by atoms with Gasteiger partial charge in [0.05, 0.1) is 10.6 Å². The van der Waals surface area contributed by atoms with E-state index in [1.54, 1.807) is 23.9 Å². The van der Waals surface area contributed by atoms with Gasteiger partial charge in [-0.15, -0.1) is 0 Å². The molecule has 0 saturated heterocycles. The van der Waals surface area contributed by atoms with Crippen LogP contribution in [-0.2, 0) is 9.84 Å². The van der Waals surface area contributed by atoms with Crippen LogP contribution in [0.2, 0.25) is 0 Å². The Morgan fingerprint density at radius 2 is 1.90 bits per heavy atom. The lowest BCUT2D eigenvalue weighted by Crippen LogP contribution is -2.14. The van der Waals surface area contributed by atoms with Crippen LogP contribution in [0.3, 0.4) is 0 Å². The van der Waals surface area contributed by atoms with Crippen LogP contribution in [0.1, 0.15) is 31.2 Å². The van der Waals surface area contributed by atoms with Crippen LogP contribution < -0.4 is 5.73 Å². The molecule has 1 aromatic rings. The molecule has 7 heteroatoms. The number of hydrogen-bond donors (Lipinski definition) is 2. The predicted molar refractivity (Wildman–Crippen MR) is 85.7 cm³/mol. The fourth-order valence-corrected chi connectivity index (χ4v) is 5.44. The number of amidine groups is 1. The molecule has 1 fully saturated rings. The second kappa shape index (κ2) is 7.17. The Balaban J connectivity index is 1.95. The van der Waals surface area contributed by atoms with Crippen LogP contribution in [0, 0.1) is 0 Å². The van der Waals surface area contributed by atoms with Gasteiger partial charge in [0.2, 0.25) is 0 Å². The standard InChI is InChI=1S/C14H20N2O3S2/c15-14(16-17)11-5-7-13(8-6-11)21(18,19)10-9-20-12-3-1-2-4-12/h5-8,12,17H,1-4,9-10H2,(H2,15,16). The highest BCUT2D eigenvalue weighted by molar-refractivity contribution is 8.01. The Hall–Kier alpha value is -1.21. The van der Waals surface area contributed by atoms with Gasteiger partial charge in [0.15, 0.2) is 15.7 Å². The van der Waals surface area contributed by atoms with Crippen molar-refractivity contribution in [3.63, 3.8) is 0 Å². The highest BCUT2D eigenvalue weighted by atomic mass is 32.2. The largest absolute Gasteiger partial charge is 0.409 e. The van der Waals surface area contributed by atoms with Crippen molar-refractivity contribution in [3.05, 3.63) is 29.8 Å². The minimum absolute atomic E-state index is 0.0317. The van der Waals surface area contributed by atoms with Crippen LogP contribution in [0.4, 0.5) is 0 Å². The summed E-state index contributed by atoms with van der Waals surface area (Å²) >= 11 is 1.77. The van der Waals surface area contributed by atoms with E-state index in [2.05, 4.69) is 5.16 Å². The molecule has 0 radical (unpaired) electrons. The number of thioether (sulfide) groups is 1. The molecule has 0 aliphatic heterocycles. The maximum absolute atomic E-state index is 12.2. The Kier molecular flexibility index (Phi) is 5.52. The lowest BCUT2D eigenvalue weighted by atomic mass is 10.2. The van der Waals surface area contributed by atoms with Gasteiger partial charge < -0.3 is 10.9 Å². The van der Waals surface area contributed by atoms with Gasteiger partial charge >= 0.3 is 0 Å². The minimum atomic E-state index is -3.27. The quantitative estimate of drug-likeness (QED) is 0.361. The van der Waals surface area contributed by atoms with Crippen molar-refractivity contribution in [2.24, 2.45) is 10.9 Å². The first-order valence-electron chi connectivity index (χ1n) is 6.95. The number of nitrogens with zero attached hydrogens (tertiary/aromatic N) is 1. The van der Waals surface area contributed by atoms with Crippen molar-refractivity contribution in [2.75, 3.05) is 11.5 Å². The summed E-state index contributed by atoms with van der Waals surface area (Å²) < 4.78 is 24.5. The monoisotopic (exact) mass is 328 g/mol. The third-order valence-corrected chi connectivity index (χ3v) is 7.00. The average Bonchev–Trinajstić information content (AvgIpc) is 2.99. The number of sulfone groups is 1. The summed E-state index contributed by atoms with van der Waals surface area (Å²) in [6, 6.07) is 6.10. The normalized spacial score (nSPS) is 17.2.